The molecule has 3 N–H and O–H groups in total. The van der Waals surface area contributed by atoms with Gasteiger partial charge in [0.15, 0.2) is 0 Å². The second-order valence-electron chi connectivity index (χ2n) is 8.29. The first-order valence-corrected chi connectivity index (χ1v) is 11.3. The molecule has 0 atom stereocenters. The third-order valence-electron chi connectivity index (χ3n) is 5.71. The van der Waals surface area contributed by atoms with E-state index in [1.165, 1.54) is 5.56 Å². The van der Waals surface area contributed by atoms with Crippen LogP contribution in [0.3, 0.4) is 0 Å². The molecule has 0 saturated carbocycles. The van der Waals surface area contributed by atoms with Crippen molar-refractivity contribution < 1.29 is 9.59 Å². The van der Waals surface area contributed by atoms with Crippen molar-refractivity contribution in [2.45, 2.75) is 26.3 Å². The largest absolute Gasteiger partial charge is 0.397 e. The van der Waals surface area contributed by atoms with Gasteiger partial charge in [-0.05, 0) is 67.3 Å². The molecule has 1 fully saturated rings. The van der Waals surface area contributed by atoms with Gasteiger partial charge in [0.1, 0.15) is 0 Å². The van der Waals surface area contributed by atoms with Crippen LogP contribution in [0.4, 0.5) is 11.4 Å². The summed E-state index contributed by atoms with van der Waals surface area (Å²) in [5.74, 6) is -0.185. The predicted octanol–water partition coefficient (Wildman–Crippen LogP) is 5.69. The third-order valence-corrected chi connectivity index (χ3v) is 5.94. The number of nitrogen functional groups attached to an aromatic ring is 1. The number of aryl methyl sites for hydroxylation is 1. The summed E-state index contributed by atoms with van der Waals surface area (Å²) in [7, 11) is 0. The molecule has 1 heterocycles. The van der Waals surface area contributed by atoms with Crippen molar-refractivity contribution in [1.82, 2.24) is 4.90 Å². The lowest BCUT2D eigenvalue weighted by molar-refractivity contribution is -0.129. The molecule has 0 unspecified atom stereocenters. The highest BCUT2D eigenvalue weighted by molar-refractivity contribution is 6.31. The number of hydrogen-bond acceptors (Lipinski definition) is 3. The maximum atomic E-state index is 13.0. The number of rotatable bonds is 5. The van der Waals surface area contributed by atoms with E-state index in [0.717, 1.165) is 36.1 Å². The molecule has 168 valence electrons. The summed E-state index contributed by atoms with van der Waals surface area (Å²) in [6, 6.07) is 20.4. The van der Waals surface area contributed by atoms with Gasteiger partial charge in [-0.15, -0.1) is 0 Å². The normalized spacial score (nSPS) is 15.0. The first-order chi connectivity index (χ1) is 15.9. The van der Waals surface area contributed by atoms with Gasteiger partial charge in [0, 0.05) is 29.2 Å². The van der Waals surface area contributed by atoms with Gasteiger partial charge in [-0.3, -0.25) is 9.59 Å². The van der Waals surface area contributed by atoms with E-state index in [1.54, 1.807) is 30.3 Å². The zero-order valence-electron chi connectivity index (χ0n) is 18.5. The molecule has 1 aliphatic rings. The summed E-state index contributed by atoms with van der Waals surface area (Å²) in [4.78, 5) is 27.4. The van der Waals surface area contributed by atoms with E-state index < -0.39 is 0 Å². The lowest BCUT2D eigenvalue weighted by Gasteiger charge is -2.28. The van der Waals surface area contributed by atoms with Crippen LogP contribution in [0.2, 0.25) is 5.02 Å². The van der Waals surface area contributed by atoms with Crippen LogP contribution in [-0.4, -0.2) is 23.3 Å². The van der Waals surface area contributed by atoms with Crippen molar-refractivity contribution in [3.63, 3.8) is 0 Å². The smallest absolute Gasteiger partial charge is 0.255 e. The Morgan fingerprint density at radius 2 is 1.82 bits per heavy atom. The number of piperidine rings is 1. The van der Waals surface area contributed by atoms with Crippen LogP contribution >= 0.6 is 11.6 Å². The van der Waals surface area contributed by atoms with Crippen LogP contribution in [0, 0.1) is 6.92 Å². The fourth-order valence-corrected chi connectivity index (χ4v) is 4.02. The molecule has 6 heteroatoms. The Morgan fingerprint density at radius 1 is 1.09 bits per heavy atom. The van der Waals surface area contributed by atoms with Gasteiger partial charge in [-0.25, -0.2) is 0 Å². The molecule has 0 aliphatic carbocycles. The molecule has 2 amide bonds. The SMILES string of the molecule is Cc1ccc(/C=C2\CCCN(Cc3ccc(C(=O)Nc4ccc(Cl)cc4N)cc3)C2=O)cc1. The lowest BCUT2D eigenvalue weighted by Crippen LogP contribution is -2.36. The lowest BCUT2D eigenvalue weighted by atomic mass is 9.99. The molecule has 3 aromatic rings. The summed E-state index contributed by atoms with van der Waals surface area (Å²) in [6.07, 6.45) is 3.71. The molecule has 1 aliphatic heterocycles. The summed E-state index contributed by atoms with van der Waals surface area (Å²) >= 11 is 5.91. The number of carbonyl (C=O) groups excluding carboxylic acids is 2. The maximum absolute atomic E-state index is 13.0. The van der Waals surface area contributed by atoms with Crippen molar-refractivity contribution in [2.75, 3.05) is 17.6 Å². The van der Waals surface area contributed by atoms with E-state index in [2.05, 4.69) is 17.4 Å². The number of carbonyl (C=O) groups is 2. The first-order valence-electron chi connectivity index (χ1n) is 10.9. The third kappa shape index (κ3) is 5.62. The number of likely N-dealkylation sites (tertiary alicyclic amines) is 1. The Morgan fingerprint density at radius 3 is 2.52 bits per heavy atom. The Bertz CT molecular complexity index is 1200. The predicted molar refractivity (Wildman–Crippen MR) is 134 cm³/mol. The summed E-state index contributed by atoms with van der Waals surface area (Å²) in [6.45, 7) is 3.28. The summed E-state index contributed by atoms with van der Waals surface area (Å²) in [5.41, 5.74) is 11.4. The summed E-state index contributed by atoms with van der Waals surface area (Å²) < 4.78 is 0. The van der Waals surface area contributed by atoms with Crippen molar-refractivity contribution in [1.29, 1.82) is 0 Å². The molecule has 33 heavy (non-hydrogen) atoms. The fourth-order valence-electron chi connectivity index (χ4n) is 3.84. The van der Waals surface area contributed by atoms with Crippen molar-refractivity contribution >= 4 is 40.9 Å². The number of nitrogens with zero attached hydrogens (tertiary/aromatic N) is 1. The zero-order chi connectivity index (χ0) is 23.4. The Labute approximate surface area is 198 Å². The van der Waals surface area contributed by atoms with Crippen LogP contribution in [0.25, 0.3) is 6.08 Å². The molecule has 3 aromatic carbocycles. The maximum Gasteiger partial charge on any atom is 0.255 e. The molecule has 0 radical (unpaired) electrons. The number of halogens is 1. The van der Waals surface area contributed by atoms with Gasteiger partial charge < -0.3 is 16.0 Å². The van der Waals surface area contributed by atoms with Gasteiger partial charge in [-0.2, -0.15) is 0 Å². The summed E-state index contributed by atoms with van der Waals surface area (Å²) in [5, 5.41) is 3.31. The first kappa shape index (κ1) is 22.6. The van der Waals surface area contributed by atoms with E-state index in [0.29, 0.717) is 28.5 Å². The molecule has 1 saturated heterocycles. The van der Waals surface area contributed by atoms with Crippen LogP contribution in [0.5, 0.6) is 0 Å². The Hall–Kier alpha value is -3.57. The molecule has 4 rings (SSSR count). The number of amides is 2. The van der Waals surface area contributed by atoms with E-state index in [4.69, 9.17) is 17.3 Å². The minimum absolute atomic E-state index is 0.0712. The fraction of sp³-hybridized carbons (Fsp3) is 0.185. The average Bonchev–Trinajstić information content (AvgIpc) is 2.80. The monoisotopic (exact) mass is 459 g/mol. The number of anilines is 2. The topological polar surface area (TPSA) is 75.4 Å². The quantitative estimate of drug-likeness (QED) is 0.380. The van der Waals surface area contributed by atoms with E-state index in [9.17, 15) is 9.59 Å². The highest BCUT2D eigenvalue weighted by atomic mass is 35.5. The van der Waals surface area contributed by atoms with Gasteiger partial charge in [0.25, 0.3) is 5.91 Å². The van der Waals surface area contributed by atoms with Crippen LogP contribution in [0.15, 0.2) is 72.3 Å². The van der Waals surface area contributed by atoms with E-state index in [1.807, 2.05) is 42.2 Å². The molecule has 0 aromatic heterocycles. The van der Waals surface area contributed by atoms with Crippen molar-refractivity contribution in [3.8, 4) is 0 Å². The highest BCUT2D eigenvalue weighted by Gasteiger charge is 2.23. The Balaban J connectivity index is 1.41. The van der Waals surface area contributed by atoms with E-state index in [-0.39, 0.29) is 11.8 Å². The van der Waals surface area contributed by atoms with Gasteiger partial charge in [0.05, 0.1) is 11.4 Å². The Kier molecular flexibility index (Phi) is 6.80. The van der Waals surface area contributed by atoms with Gasteiger partial charge >= 0.3 is 0 Å². The molecule has 0 spiro atoms. The second-order valence-corrected chi connectivity index (χ2v) is 8.73. The van der Waals surface area contributed by atoms with Crippen LogP contribution in [-0.2, 0) is 11.3 Å². The van der Waals surface area contributed by atoms with Crippen LogP contribution in [0.1, 0.15) is 39.9 Å². The average molecular weight is 460 g/mol. The van der Waals surface area contributed by atoms with Crippen molar-refractivity contribution in [3.05, 3.63) is 99.6 Å². The standard InChI is InChI=1S/C27H26ClN3O2/c1-18-4-6-19(7-5-18)15-22-3-2-14-31(27(22)33)17-20-8-10-21(11-9-20)26(32)30-25-13-12-23(28)16-24(25)29/h4-13,15-16H,2-3,14,17,29H2,1H3,(H,30,32)/b22-15+. The molecular weight excluding hydrogens is 434 g/mol. The number of nitrogens with one attached hydrogen (secondary N) is 1. The second kappa shape index (κ2) is 9.92. The number of benzene rings is 3. The molecule has 5 nitrogen and oxygen atoms in total. The minimum atomic E-state index is -0.257. The molecule has 0 bridgehead atoms. The number of hydrogen-bond donors (Lipinski definition) is 2. The van der Waals surface area contributed by atoms with Gasteiger partial charge in [0.2, 0.25) is 5.91 Å². The van der Waals surface area contributed by atoms with Crippen molar-refractivity contribution in [2.24, 2.45) is 0 Å². The van der Waals surface area contributed by atoms with Crippen LogP contribution < -0.4 is 11.1 Å². The van der Waals surface area contributed by atoms with Gasteiger partial charge in [-0.1, -0.05) is 53.6 Å². The number of nitrogens with two attached hydrogens (primary N) is 1. The molecular formula is C27H26ClN3O2. The van der Waals surface area contributed by atoms with E-state index >= 15 is 0 Å². The highest BCUT2D eigenvalue weighted by Crippen LogP contribution is 2.24. The zero-order valence-corrected chi connectivity index (χ0v) is 19.2. The minimum Gasteiger partial charge on any atom is -0.397 e.